The SMILES string of the molecule is CCOc1ccc(NC(C)c2nnc(-c3cccc(C)c3)o2)cc1S(=O)(=O)N(C)C. The van der Waals surface area contributed by atoms with Crippen molar-refractivity contribution in [3.63, 3.8) is 0 Å². The Morgan fingerprint density at radius 2 is 1.93 bits per heavy atom. The summed E-state index contributed by atoms with van der Waals surface area (Å²) >= 11 is 0. The van der Waals surface area contributed by atoms with E-state index >= 15 is 0 Å². The number of aryl methyl sites for hydroxylation is 1. The molecule has 30 heavy (non-hydrogen) atoms. The monoisotopic (exact) mass is 430 g/mol. The molecule has 8 nitrogen and oxygen atoms in total. The summed E-state index contributed by atoms with van der Waals surface area (Å²) in [6, 6.07) is 12.4. The minimum absolute atomic E-state index is 0.0949. The predicted octanol–water partition coefficient (Wildman–Crippen LogP) is 3.87. The van der Waals surface area contributed by atoms with Crippen molar-refractivity contribution < 1.29 is 17.6 Å². The van der Waals surface area contributed by atoms with Crippen LogP contribution >= 0.6 is 0 Å². The fraction of sp³-hybridized carbons (Fsp3) is 0.333. The molecular weight excluding hydrogens is 404 g/mol. The highest BCUT2D eigenvalue weighted by Crippen LogP contribution is 2.31. The topological polar surface area (TPSA) is 97.6 Å². The maximum atomic E-state index is 12.7. The highest BCUT2D eigenvalue weighted by Gasteiger charge is 2.24. The van der Waals surface area contributed by atoms with Crippen LogP contribution in [0.1, 0.15) is 31.3 Å². The summed E-state index contributed by atoms with van der Waals surface area (Å²) in [6.07, 6.45) is 0. The van der Waals surface area contributed by atoms with E-state index < -0.39 is 10.0 Å². The molecule has 2 aromatic carbocycles. The van der Waals surface area contributed by atoms with Gasteiger partial charge < -0.3 is 14.5 Å². The number of nitrogens with one attached hydrogen (secondary N) is 1. The van der Waals surface area contributed by atoms with Gasteiger partial charge >= 0.3 is 0 Å². The molecule has 0 fully saturated rings. The van der Waals surface area contributed by atoms with Crippen LogP contribution in [0.3, 0.4) is 0 Å². The van der Waals surface area contributed by atoms with Gasteiger partial charge in [-0.2, -0.15) is 0 Å². The lowest BCUT2D eigenvalue weighted by Gasteiger charge is -2.18. The molecule has 0 aliphatic heterocycles. The lowest BCUT2D eigenvalue weighted by molar-refractivity contribution is 0.330. The number of hydrogen-bond donors (Lipinski definition) is 1. The molecule has 0 saturated heterocycles. The van der Waals surface area contributed by atoms with Gasteiger partial charge in [0.15, 0.2) is 0 Å². The minimum Gasteiger partial charge on any atom is -0.492 e. The Labute approximate surface area is 176 Å². The molecule has 0 spiro atoms. The minimum atomic E-state index is -3.67. The van der Waals surface area contributed by atoms with Gasteiger partial charge in [-0.3, -0.25) is 0 Å². The Kier molecular flexibility index (Phi) is 6.42. The van der Waals surface area contributed by atoms with Crippen LogP contribution in [0.2, 0.25) is 0 Å². The van der Waals surface area contributed by atoms with E-state index in [0.717, 1.165) is 15.4 Å². The normalized spacial score (nSPS) is 12.7. The second kappa shape index (κ2) is 8.85. The van der Waals surface area contributed by atoms with E-state index in [4.69, 9.17) is 9.15 Å². The number of benzene rings is 2. The van der Waals surface area contributed by atoms with Crippen LogP contribution in [0.5, 0.6) is 5.75 Å². The second-order valence-electron chi connectivity index (χ2n) is 7.06. The lowest BCUT2D eigenvalue weighted by Crippen LogP contribution is -2.23. The van der Waals surface area contributed by atoms with Gasteiger partial charge in [-0.25, -0.2) is 12.7 Å². The van der Waals surface area contributed by atoms with Gasteiger partial charge in [-0.15, -0.1) is 10.2 Å². The van der Waals surface area contributed by atoms with Crippen molar-refractivity contribution >= 4 is 15.7 Å². The van der Waals surface area contributed by atoms with E-state index in [9.17, 15) is 8.42 Å². The van der Waals surface area contributed by atoms with Crippen molar-refractivity contribution in [1.82, 2.24) is 14.5 Å². The molecule has 1 atom stereocenters. The maximum absolute atomic E-state index is 12.7. The first kappa shape index (κ1) is 21.8. The molecule has 0 bridgehead atoms. The molecule has 0 amide bonds. The van der Waals surface area contributed by atoms with E-state index in [0.29, 0.717) is 29.8 Å². The Bertz CT molecular complexity index is 1130. The third kappa shape index (κ3) is 4.63. The lowest BCUT2D eigenvalue weighted by atomic mass is 10.1. The number of nitrogens with zero attached hydrogens (tertiary/aromatic N) is 3. The first-order valence-corrected chi connectivity index (χ1v) is 11.0. The van der Waals surface area contributed by atoms with Crippen LogP contribution in [0.4, 0.5) is 5.69 Å². The van der Waals surface area contributed by atoms with E-state index in [1.54, 1.807) is 18.2 Å². The predicted molar refractivity (Wildman–Crippen MR) is 115 cm³/mol. The third-order valence-electron chi connectivity index (χ3n) is 4.46. The van der Waals surface area contributed by atoms with Crippen molar-refractivity contribution in [1.29, 1.82) is 0 Å². The number of sulfonamides is 1. The molecule has 3 rings (SSSR count). The van der Waals surface area contributed by atoms with Crippen molar-refractivity contribution in [3.8, 4) is 17.2 Å². The molecule has 3 aromatic rings. The van der Waals surface area contributed by atoms with Gasteiger partial charge in [-0.05, 0) is 51.1 Å². The summed E-state index contributed by atoms with van der Waals surface area (Å²) in [7, 11) is -0.701. The summed E-state index contributed by atoms with van der Waals surface area (Å²) in [5.74, 6) is 1.14. The zero-order valence-electron chi connectivity index (χ0n) is 17.7. The Hall–Kier alpha value is -2.91. The maximum Gasteiger partial charge on any atom is 0.247 e. The fourth-order valence-electron chi connectivity index (χ4n) is 2.89. The van der Waals surface area contributed by atoms with Crippen LogP contribution < -0.4 is 10.1 Å². The molecule has 0 saturated carbocycles. The molecule has 1 heterocycles. The molecule has 0 radical (unpaired) electrons. The van der Waals surface area contributed by atoms with E-state index in [1.807, 2.05) is 45.0 Å². The Morgan fingerprint density at radius 3 is 2.60 bits per heavy atom. The second-order valence-corrected chi connectivity index (χ2v) is 9.18. The zero-order chi connectivity index (χ0) is 21.9. The quantitative estimate of drug-likeness (QED) is 0.579. The van der Waals surface area contributed by atoms with Crippen LogP contribution in [0.15, 0.2) is 51.8 Å². The molecular formula is C21H26N4O4S. The Balaban J connectivity index is 1.86. The number of ether oxygens (including phenoxy) is 1. The van der Waals surface area contributed by atoms with Crippen molar-refractivity contribution in [3.05, 3.63) is 53.9 Å². The van der Waals surface area contributed by atoms with Crippen LogP contribution in [-0.2, 0) is 10.0 Å². The third-order valence-corrected chi connectivity index (χ3v) is 6.30. The van der Waals surface area contributed by atoms with E-state index in [-0.39, 0.29) is 10.9 Å². The molecule has 0 aliphatic carbocycles. The highest BCUT2D eigenvalue weighted by atomic mass is 32.2. The number of rotatable bonds is 8. The fourth-order valence-corrected chi connectivity index (χ4v) is 3.94. The van der Waals surface area contributed by atoms with Gasteiger partial charge in [0.1, 0.15) is 16.7 Å². The van der Waals surface area contributed by atoms with Crippen molar-refractivity contribution in [2.75, 3.05) is 26.0 Å². The van der Waals surface area contributed by atoms with Gasteiger partial charge in [0.2, 0.25) is 21.8 Å². The molecule has 1 N–H and O–H groups in total. The first-order valence-electron chi connectivity index (χ1n) is 9.58. The summed E-state index contributed by atoms with van der Waals surface area (Å²) in [5.41, 5.74) is 2.55. The standard InChI is InChI=1S/C21H26N4O4S/c1-6-28-18-11-10-17(13-19(18)30(26,27)25(4)5)22-15(3)20-23-24-21(29-20)16-9-7-8-14(2)12-16/h7-13,15,22H,6H2,1-5H3. The molecule has 160 valence electrons. The largest absolute Gasteiger partial charge is 0.492 e. The first-order chi connectivity index (χ1) is 14.2. The Morgan fingerprint density at radius 1 is 1.17 bits per heavy atom. The molecule has 1 aromatic heterocycles. The average molecular weight is 431 g/mol. The summed E-state index contributed by atoms with van der Waals surface area (Å²) < 4.78 is 37.9. The number of hydrogen-bond acceptors (Lipinski definition) is 7. The summed E-state index contributed by atoms with van der Waals surface area (Å²) in [4.78, 5) is 0.0949. The van der Waals surface area contributed by atoms with E-state index in [2.05, 4.69) is 15.5 Å². The van der Waals surface area contributed by atoms with E-state index in [1.165, 1.54) is 14.1 Å². The van der Waals surface area contributed by atoms with Crippen molar-refractivity contribution in [2.45, 2.75) is 31.7 Å². The molecule has 9 heteroatoms. The van der Waals surface area contributed by atoms with Crippen molar-refractivity contribution in [2.24, 2.45) is 0 Å². The average Bonchev–Trinajstić information content (AvgIpc) is 3.19. The number of anilines is 1. The van der Waals surface area contributed by atoms with Crippen LogP contribution in [-0.4, -0.2) is 43.6 Å². The molecule has 0 aliphatic rings. The van der Waals surface area contributed by atoms with Crippen LogP contribution in [0, 0.1) is 6.92 Å². The summed E-state index contributed by atoms with van der Waals surface area (Å²) in [6.45, 7) is 6.03. The van der Waals surface area contributed by atoms with Gasteiger partial charge in [0, 0.05) is 25.3 Å². The zero-order valence-corrected chi connectivity index (χ0v) is 18.5. The van der Waals surface area contributed by atoms with Crippen LogP contribution in [0.25, 0.3) is 11.5 Å². The number of aromatic nitrogens is 2. The highest BCUT2D eigenvalue weighted by molar-refractivity contribution is 7.89. The smallest absolute Gasteiger partial charge is 0.247 e. The van der Waals surface area contributed by atoms with Gasteiger partial charge in [0.05, 0.1) is 6.61 Å². The molecule has 1 unspecified atom stereocenters. The van der Waals surface area contributed by atoms with Gasteiger partial charge in [0.25, 0.3) is 0 Å². The van der Waals surface area contributed by atoms with Gasteiger partial charge in [-0.1, -0.05) is 17.7 Å². The summed E-state index contributed by atoms with van der Waals surface area (Å²) in [5, 5.41) is 11.5.